The van der Waals surface area contributed by atoms with Crippen molar-refractivity contribution in [2.75, 3.05) is 20.8 Å². The van der Waals surface area contributed by atoms with E-state index in [0.717, 1.165) is 12.7 Å². The predicted octanol–water partition coefficient (Wildman–Crippen LogP) is 1.55. The molecule has 0 saturated carbocycles. The number of carbonyl (C=O) groups excluding carboxylic acids is 1. The van der Waals surface area contributed by atoms with Gasteiger partial charge in [0.25, 0.3) is 0 Å². The van der Waals surface area contributed by atoms with Crippen LogP contribution in [0.25, 0.3) is 0 Å². The number of aldehydes is 1. The highest BCUT2D eigenvalue weighted by Crippen LogP contribution is 2.22. The predicted molar refractivity (Wildman–Crippen MR) is 70.1 cm³/mol. The lowest BCUT2D eigenvalue weighted by Crippen LogP contribution is -2.09. The normalized spacial score (nSPS) is 10.2. The van der Waals surface area contributed by atoms with E-state index in [-0.39, 0.29) is 5.71 Å². The molecule has 0 heterocycles. The molecule has 0 atom stereocenters. The van der Waals surface area contributed by atoms with Gasteiger partial charge in [-0.05, 0) is 25.5 Å². The van der Waals surface area contributed by atoms with Crippen molar-refractivity contribution in [3.05, 3.63) is 29.3 Å². The maximum atomic E-state index is 10.9. The van der Waals surface area contributed by atoms with Crippen LogP contribution in [0.15, 0.2) is 23.4 Å². The van der Waals surface area contributed by atoms with E-state index in [1.807, 2.05) is 26.0 Å². The highest BCUT2D eigenvalue weighted by atomic mass is 16.6. The topological polar surface area (TPSA) is 68.1 Å². The second kappa shape index (κ2) is 9.18. The average molecular weight is 253 g/mol. The summed E-state index contributed by atoms with van der Waals surface area (Å²) in [5.74, 6) is 0.644. The van der Waals surface area contributed by atoms with Crippen LogP contribution in [0.3, 0.4) is 0 Å². The summed E-state index contributed by atoms with van der Waals surface area (Å²) < 4.78 is 5.45. The second-order valence-electron chi connectivity index (χ2n) is 3.16. The zero-order valence-corrected chi connectivity index (χ0v) is 11.1. The second-order valence-corrected chi connectivity index (χ2v) is 3.16. The number of aliphatic hydroxyl groups excluding tert-OH is 1. The number of ether oxygens (including phenoxy) is 1. The van der Waals surface area contributed by atoms with Gasteiger partial charge in [-0.25, -0.2) is 0 Å². The summed E-state index contributed by atoms with van der Waals surface area (Å²) in [6.07, 6.45) is 0.661. The van der Waals surface area contributed by atoms with Crippen LogP contribution in [0, 0.1) is 6.92 Å². The SMILES string of the molecule is CCOc1cccc(C)c1/C(C=O)=N\OC.CO. The summed E-state index contributed by atoms with van der Waals surface area (Å²) in [7, 11) is 2.40. The molecule has 1 aromatic carbocycles. The molecule has 0 bridgehead atoms. The molecular formula is C13H19NO4. The standard InChI is InChI=1S/C12H15NO3.CH4O/c1-4-16-11-7-5-6-9(2)12(11)10(8-14)13-15-3;1-2/h5-8H,4H2,1-3H3;2H,1H3/b13-10-;. The van der Waals surface area contributed by atoms with Crippen LogP contribution in [0.5, 0.6) is 5.75 Å². The molecule has 0 aliphatic rings. The molecule has 5 nitrogen and oxygen atoms in total. The molecule has 1 rings (SSSR count). The summed E-state index contributed by atoms with van der Waals surface area (Å²) >= 11 is 0. The van der Waals surface area contributed by atoms with E-state index in [9.17, 15) is 4.79 Å². The Kier molecular flexibility index (Phi) is 8.22. The molecule has 0 radical (unpaired) electrons. The maximum absolute atomic E-state index is 10.9. The number of benzene rings is 1. The van der Waals surface area contributed by atoms with Crippen LogP contribution in [0.1, 0.15) is 18.1 Å². The van der Waals surface area contributed by atoms with E-state index in [1.165, 1.54) is 7.11 Å². The van der Waals surface area contributed by atoms with Crippen molar-refractivity contribution < 1.29 is 19.5 Å². The minimum Gasteiger partial charge on any atom is -0.493 e. The number of nitrogens with zero attached hydrogens (tertiary/aromatic N) is 1. The summed E-state index contributed by atoms with van der Waals surface area (Å²) in [6, 6.07) is 5.58. The molecule has 0 unspecified atom stereocenters. The summed E-state index contributed by atoms with van der Waals surface area (Å²) in [5.41, 5.74) is 1.85. The third-order valence-corrected chi connectivity index (χ3v) is 2.09. The Morgan fingerprint density at radius 2 is 2.11 bits per heavy atom. The molecular weight excluding hydrogens is 234 g/mol. The maximum Gasteiger partial charge on any atom is 0.172 e. The van der Waals surface area contributed by atoms with Gasteiger partial charge in [0.2, 0.25) is 0 Å². The molecule has 0 aliphatic heterocycles. The molecule has 0 aromatic heterocycles. The van der Waals surface area contributed by atoms with Gasteiger partial charge in [0.1, 0.15) is 12.9 Å². The molecule has 0 spiro atoms. The molecule has 0 amide bonds. The van der Waals surface area contributed by atoms with Crippen LogP contribution in [0.2, 0.25) is 0 Å². The number of carbonyl (C=O) groups is 1. The Balaban J connectivity index is 0.00000137. The molecule has 1 N–H and O–H groups in total. The van der Waals surface area contributed by atoms with Crippen molar-refractivity contribution in [2.45, 2.75) is 13.8 Å². The van der Waals surface area contributed by atoms with Crippen molar-refractivity contribution in [1.82, 2.24) is 0 Å². The van der Waals surface area contributed by atoms with Crippen molar-refractivity contribution >= 4 is 12.0 Å². The number of rotatable bonds is 5. The summed E-state index contributed by atoms with van der Waals surface area (Å²) in [6.45, 7) is 4.32. The highest BCUT2D eigenvalue weighted by Gasteiger charge is 2.13. The minimum absolute atomic E-state index is 0.240. The summed E-state index contributed by atoms with van der Waals surface area (Å²) in [4.78, 5) is 15.6. The largest absolute Gasteiger partial charge is 0.493 e. The lowest BCUT2D eigenvalue weighted by atomic mass is 10.0. The van der Waals surface area contributed by atoms with Gasteiger partial charge in [-0.1, -0.05) is 17.3 Å². The molecule has 5 heteroatoms. The first-order chi connectivity index (χ1) is 8.74. The fourth-order valence-corrected chi connectivity index (χ4v) is 1.47. The van der Waals surface area contributed by atoms with Crippen molar-refractivity contribution in [2.24, 2.45) is 5.16 Å². The van der Waals surface area contributed by atoms with E-state index in [1.54, 1.807) is 6.07 Å². The van der Waals surface area contributed by atoms with Gasteiger partial charge in [-0.15, -0.1) is 0 Å². The first-order valence-corrected chi connectivity index (χ1v) is 5.48. The van der Waals surface area contributed by atoms with Crippen molar-refractivity contribution in [3.8, 4) is 5.75 Å². The average Bonchev–Trinajstić information content (AvgIpc) is 2.40. The number of oxime groups is 1. The number of aryl methyl sites for hydroxylation is 1. The zero-order chi connectivity index (χ0) is 14.0. The first-order valence-electron chi connectivity index (χ1n) is 5.48. The van der Waals surface area contributed by atoms with Gasteiger partial charge in [-0.3, -0.25) is 4.79 Å². The van der Waals surface area contributed by atoms with Crippen LogP contribution in [-0.2, 0) is 9.63 Å². The van der Waals surface area contributed by atoms with Gasteiger partial charge in [0.15, 0.2) is 12.0 Å². The Bertz CT molecular complexity index is 402. The van der Waals surface area contributed by atoms with Crippen LogP contribution in [0.4, 0.5) is 0 Å². The molecule has 18 heavy (non-hydrogen) atoms. The Morgan fingerprint density at radius 3 is 2.61 bits per heavy atom. The van der Waals surface area contributed by atoms with Gasteiger partial charge in [0, 0.05) is 7.11 Å². The van der Waals surface area contributed by atoms with E-state index >= 15 is 0 Å². The fraction of sp³-hybridized carbons (Fsp3) is 0.385. The lowest BCUT2D eigenvalue weighted by Gasteiger charge is -2.11. The molecule has 1 aromatic rings. The lowest BCUT2D eigenvalue weighted by molar-refractivity contribution is -0.102. The quantitative estimate of drug-likeness (QED) is 0.491. The van der Waals surface area contributed by atoms with Gasteiger partial charge in [-0.2, -0.15) is 0 Å². The van der Waals surface area contributed by atoms with Gasteiger partial charge < -0.3 is 14.7 Å². The van der Waals surface area contributed by atoms with E-state index in [4.69, 9.17) is 9.84 Å². The Labute approximate surface area is 107 Å². The van der Waals surface area contributed by atoms with Crippen LogP contribution in [-0.4, -0.2) is 37.9 Å². The monoisotopic (exact) mass is 253 g/mol. The number of hydrogen-bond acceptors (Lipinski definition) is 5. The smallest absolute Gasteiger partial charge is 0.172 e. The number of aliphatic hydroxyl groups is 1. The van der Waals surface area contributed by atoms with Crippen LogP contribution < -0.4 is 4.74 Å². The molecule has 0 saturated heterocycles. The van der Waals surface area contributed by atoms with E-state index in [2.05, 4.69) is 9.99 Å². The summed E-state index contributed by atoms with van der Waals surface area (Å²) in [5, 5.41) is 10.7. The first kappa shape index (κ1) is 16.1. The van der Waals surface area contributed by atoms with Crippen molar-refractivity contribution in [3.63, 3.8) is 0 Å². The molecule has 0 fully saturated rings. The fourth-order valence-electron chi connectivity index (χ4n) is 1.47. The van der Waals surface area contributed by atoms with Gasteiger partial charge in [0.05, 0.1) is 12.2 Å². The minimum atomic E-state index is 0.240. The Hall–Kier alpha value is -1.88. The molecule has 100 valence electrons. The van der Waals surface area contributed by atoms with E-state index < -0.39 is 0 Å². The zero-order valence-electron chi connectivity index (χ0n) is 11.1. The third-order valence-electron chi connectivity index (χ3n) is 2.09. The number of hydrogen-bond donors (Lipinski definition) is 1. The van der Waals surface area contributed by atoms with Gasteiger partial charge >= 0.3 is 0 Å². The highest BCUT2D eigenvalue weighted by molar-refractivity contribution is 6.37. The molecule has 0 aliphatic carbocycles. The van der Waals surface area contributed by atoms with Crippen LogP contribution >= 0.6 is 0 Å². The van der Waals surface area contributed by atoms with E-state index in [0.29, 0.717) is 24.2 Å². The Morgan fingerprint density at radius 1 is 1.44 bits per heavy atom. The third kappa shape index (κ3) is 4.18. The van der Waals surface area contributed by atoms with Crippen molar-refractivity contribution in [1.29, 1.82) is 0 Å².